The summed E-state index contributed by atoms with van der Waals surface area (Å²) >= 11 is 3.18. The molecule has 1 unspecified atom stereocenters. The van der Waals surface area contributed by atoms with Crippen molar-refractivity contribution in [1.29, 1.82) is 0 Å². The first kappa shape index (κ1) is 17.3. The number of carbonyl (C=O) groups is 1. The Balaban J connectivity index is 2.85. The maximum absolute atomic E-state index is 11.9. The van der Waals surface area contributed by atoms with E-state index in [2.05, 4.69) is 21.2 Å². The standard InChI is InChI=1S/C11H15BrN2O4S2/c1-2-19(16)6-5-14-11(15)9-7-8(20(13,17)18)3-4-10(9)12/h3-4,7H,2,5-6H2,1H3,(H,14,15)(H2,13,17,18). The highest BCUT2D eigenvalue weighted by molar-refractivity contribution is 9.10. The number of hydrogen-bond acceptors (Lipinski definition) is 4. The first-order chi connectivity index (χ1) is 9.25. The molecule has 0 bridgehead atoms. The van der Waals surface area contributed by atoms with Crippen LogP contribution in [0.15, 0.2) is 27.6 Å². The van der Waals surface area contributed by atoms with Gasteiger partial charge in [-0.1, -0.05) is 6.92 Å². The first-order valence-corrected chi connectivity index (χ1v) is 9.54. The summed E-state index contributed by atoms with van der Waals surface area (Å²) in [4.78, 5) is 11.8. The van der Waals surface area contributed by atoms with Crippen LogP contribution in [-0.4, -0.2) is 36.6 Å². The molecule has 0 aromatic heterocycles. The van der Waals surface area contributed by atoms with Crippen LogP contribution in [0.3, 0.4) is 0 Å². The van der Waals surface area contributed by atoms with E-state index in [-0.39, 0.29) is 17.0 Å². The Bertz CT molecular complexity index is 631. The molecular formula is C11H15BrN2O4S2. The number of nitrogens with one attached hydrogen (secondary N) is 1. The van der Waals surface area contributed by atoms with Crippen LogP contribution in [0.2, 0.25) is 0 Å². The van der Waals surface area contributed by atoms with Crippen molar-refractivity contribution in [3.8, 4) is 0 Å². The van der Waals surface area contributed by atoms with Crippen LogP contribution < -0.4 is 10.5 Å². The van der Waals surface area contributed by atoms with Crippen LogP contribution in [0, 0.1) is 0 Å². The lowest BCUT2D eigenvalue weighted by Crippen LogP contribution is -2.28. The molecule has 112 valence electrons. The molecule has 1 aromatic rings. The number of rotatable bonds is 6. The fourth-order valence-corrected chi connectivity index (χ4v) is 2.96. The summed E-state index contributed by atoms with van der Waals surface area (Å²) in [7, 11) is -4.83. The minimum Gasteiger partial charge on any atom is -0.351 e. The van der Waals surface area contributed by atoms with Gasteiger partial charge in [-0.2, -0.15) is 0 Å². The normalized spacial score (nSPS) is 12.9. The molecule has 9 heteroatoms. The Labute approximate surface area is 128 Å². The van der Waals surface area contributed by atoms with E-state index in [1.54, 1.807) is 6.92 Å². The Hall–Kier alpha value is -0.770. The highest BCUT2D eigenvalue weighted by Gasteiger charge is 2.15. The van der Waals surface area contributed by atoms with Gasteiger partial charge in [-0.3, -0.25) is 9.00 Å². The average Bonchev–Trinajstić information content (AvgIpc) is 2.37. The van der Waals surface area contributed by atoms with Gasteiger partial charge in [0.05, 0.1) is 10.5 Å². The van der Waals surface area contributed by atoms with E-state index in [1.807, 2.05) is 0 Å². The van der Waals surface area contributed by atoms with Crippen molar-refractivity contribution >= 4 is 42.7 Å². The molecule has 1 rings (SSSR count). The zero-order valence-corrected chi connectivity index (χ0v) is 14.0. The summed E-state index contributed by atoms with van der Waals surface area (Å²) < 4.78 is 34.2. The monoisotopic (exact) mass is 382 g/mol. The molecule has 3 N–H and O–H groups in total. The van der Waals surface area contributed by atoms with Gasteiger partial charge in [0.15, 0.2) is 0 Å². The molecular weight excluding hydrogens is 368 g/mol. The van der Waals surface area contributed by atoms with E-state index in [4.69, 9.17) is 5.14 Å². The largest absolute Gasteiger partial charge is 0.351 e. The molecule has 6 nitrogen and oxygen atoms in total. The third-order valence-corrected chi connectivity index (χ3v) is 5.35. The number of carbonyl (C=O) groups excluding carboxylic acids is 1. The summed E-state index contributed by atoms with van der Waals surface area (Å²) in [6.45, 7) is 2.05. The lowest BCUT2D eigenvalue weighted by molar-refractivity contribution is 0.0955. The molecule has 20 heavy (non-hydrogen) atoms. The van der Waals surface area contributed by atoms with Gasteiger partial charge in [-0.25, -0.2) is 13.6 Å². The van der Waals surface area contributed by atoms with Gasteiger partial charge in [0, 0.05) is 33.3 Å². The number of nitrogens with two attached hydrogens (primary N) is 1. The highest BCUT2D eigenvalue weighted by atomic mass is 79.9. The summed E-state index contributed by atoms with van der Waals surface area (Å²) in [6, 6.07) is 3.95. The zero-order chi connectivity index (χ0) is 15.3. The Morgan fingerprint density at radius 1 is 1.45 bits per heavy atom. The van der Waals surface area contributed by atoms with E-state index in [1.165, 1.54) is 18.2 Å². The number of amides is 1. The van der Waals surface area contributed by atoms with Crippen LogP contribution in [0.4, 0.5) is 0 Å². The van der Waals surface area contributed by atoms with Gasteiger partial charge in [0.1, 0.15) is 0 Å². The molecule has 0 aliphatic rings. The van der Waals surface area contributed by atoms with E-state index in [9.17, 15) is 17.4 Å². The molecule has 0 fully saturated rings. The van der Waals surface area contributed by atoms with Gasteiger partial charge >= 0.3 is 0 Å². The Kier molecular flexibility index (Phi) is 6.31. The van der Waals surface area contributed by atoms with Crippen molar-refractivity contribution in [3.05, 3.63) is 28.2 Å². The number of hydrogen-bond donors (Lipinski definition) is 2. The Morgan fingerprint density at radius 3 is 2.65 bits per heavy atom. The van der Waals surface area contributed by atoms with Crippen LogP contribution in [-0.2, 0) is 20.8 Å². The van der Waals surface area contributed by atoms with E-state index in [0.717, 1.165) is 0 Å². The second kappa shape index (κ2) is 7.30. The second-order valence-electron chi connectivity index (χ2n) is 3.88. The first-order valence-electron chi connectivity index (χ1n) is 5.71. The number of benzene rings is 1. The highest BCUT2D eigenvalue weighted by Crippen LogP contribution is 2.20. The molecule has 1 amide bonds. The second-order valence-corrected chi connectivity index (χ2v) is 8.16. The van der Waals surface area contributed by atoms with Crippen molar-refractivity contribution in [2.24, 2.45) is 5.14 Å². The molecule has 0 heterocycles. The molecule has 0 saturated heterocycles. The topological polar surface area (TPSA) is 106 Å². The predicted octanol–water partition coefficient (Wildman–Crippen LogP) is 0.595. The fraction of sp³-hybridized carbons (Fsp3) is 0.364. The molecule has 0 aliphatic heterocycles. The van der Waals surface area contributed by atoms with Crippen LogP contribution >= 0.6 is 15.9 Å². The zero-order valence-electron chi connectivity index (χ0n) is 10.8. The minimum atomic E-state index is -3.86. The number of halogens is 1. The lowest BCUT2D eigenvalue weighted by Gasteiger charge is -2.08. The van der Waals surface area contributed by atoms with Gasteiger partial charge in [-0.05, 0) is 34.1 Å². The molecule has 0 saturated carbocycles. The molecule has 1 aromatic carbocycles. The molecule has 1 atom stereocenters. The van der Waals surface area contributed by atoms with E-state index < -0.39 is 26.7 Å². The maximum atomic E-state index is 11.9. The summed E-state index contributed by atoms with van der Waals surface area (Å²) in [6.07, 6.45) is 0. The molecule has 0 radical (unpaired) electrons. The van der Waals surface area contributed by atoms with Gasteiger partial charge in [-0.15, -0.1) is 0 Å². The molecule has 0 spiro atoms. The average molecular weight is 383 g/mol. The predicted molar refractivity (Wildman–Crippen MR) is 81.4 cm³/mol. The van der Waals surface area contributed by atoms with E-state index in [0.29, 0.717) is 16.0 Å². The summed E-state index contributed by atoms with van der Waals surface area (Å²) in [5.74, 6) is 0.436. The van der Waals surface area contributed by atoms with E-state index >= 15 is 0 Å². The maximum Gasteiger partial charge on any atom is 0.252 e. The molecule has 0 aliphatic carbocycles. The Morgan fingerprint density at radius 2 is 2.10 bits per heavy atom. The van der Waals surface area contributed by atoms with Crippen LogP contribution in [0.1, 0.15) is 17.3 Å². The van der Waals surface area contributed by atoms with Gasteiger partial charge < -0.3 is 5.32 Å². The van der Waals surface area contributed by atoms with Gasteiger partial charge in [0.25, 0.3) is 5.91 Å². The summed E-state index contributed by atoms with van der Waals surface area (Å²) in [5.41, 5.74) is 0.166. The van der Waals surface area contributed by atoms with Crippen molar-refractivity contribution in [1.82, 2.24) is 5.32 Å². The minimum absolute atomic E-state index is 0.136. The van der Waals surface area contributed by atoms with Gasteiger partial charge in [0.2, 0.25) is 10.0 Å². The SMILES string of the molecule is CCS(=O)CCNC(=O)c1cc(S(N)(=O)=O)ccc1Br. The van der Waals surface area contributed by atoms with Crippen molar-refractivity contribution in [2.75, 3.05) is 18.1 Å². The van der Waals surface area contributed by atoms with Crippen molar-refractivity contribution < 1.29 is 17.4 Å². The lowest BCUT2D eigenvalue weighted by atomic mass is 10.2. The van der Waals surface area contributed by atoms with Crippen LogP contribution in [0.5, 0.6) is 0 Å². The number of sulfonamides is 1. The smallest absolute Gasteiger partial charge is 0.252 e. The third kappa shape index (κ3) is 4.97. The van der Waals surface area contributed by atoms with Crippen LogP contribution in [0.25, 0.3) is 0 Å². The quantitative estimate of drug-likeness (QED) is 0.750. The van der Waals surface area contributed by atoms with Crippen molar-refractivity contribution in [3.63, 3.8) is 0 Å². The number of primary sulfonamides is 1. The third-order valence-electron chi connectivity index (χ3n) is 2.45. The fourth-order valence-electron chi connectivity index (χ4n) is 1.37. The summed E-state index contributed by atoms with van der Waals surface area (Å²) in [5, 5.41) is 7.60. The van der Waals surface area contributed by atoms with Crippen molar-refractivity contribution in [2.45, 2.75) is 11.8 Å².